The lowest BCUT2D eigenvalue weighted by molar-refractivity contribution is -0.137. The Balaban J connectivity index is 1.68. The van der Waals surface area contributed by atoms with Crippen LogP contribution in [0.25, 0.3) is 0 Å². The van der Waals surface area contributed by atoms with Crippen LogP contribution in [0.4, 0.5) is 24.5 Å². The number of hydrogen-bond donors (Lipinski definition) is 1. The molecule has 200 valence electrons. The second-order valence-electron chi connectivity index (χ2n) is 8.43. The second-order valence-corrected chi connectivity index (χ2v) is 10.5. The van der Waals surface area contributed by atoms with E-state index in [0.717, 1.165) is 23.1 Å². The van der Waals surface area contributed by atoms with Crippen LogP contribution in [0.3, 0.4) is 0 Å². The molecule has 1 aliphatic rings. The van der Waals surface area contributed by atoms with Gasteiger partial charge in [-0.3, -0.25) is 9.59 Å². The average Bonchev–Trinajstić information content (AvgIpc) is 2.96. The molecule has 1 N–H and O–H groups in total. The molecule has 2 amide bonds. The van der Waals surface area contributed by atoms with E-state index < -0.39 is 51.6 Å². The lowest BCUT2D eigenvalue weighted by Crippen LogP contribution is -2.38. The number of carbonyl (C=O) groups is 2. The maximum atomic E-state index is 13.7. The number of halogens is 3. The maximum absolute atomic E-state index is 13.7. The van der Waals surface area contributed by atoms with Gasteiger partial charge in [0.2, 0.25) is 11.8 Å². The molecule has 3 aromatic rings. The number of carbonyl (C=O) groups excluding carboxylic acids is 2. The van der Waals surface area contributed by atoms with Crippen LogP contribution in [-0.4, -0.2) is 41.0 Å². The minimum absolute atomic E-state index is 0.000307. The number of methoxy groups -OCH3 is 2. The van der Waals surface area contributed by atoms with Crippen LogP contribution < -0.4 is 19.7 Å². The van der Waals surface area contributed by atoms with Gasteiger partial charge in [-0.15, -0.1) is 0 Å². The number of ether oxygens (including phenoxy) is 2. The van der Waals surface area contributed by atoms with Crippen molar-refractivity contribution in [1.29, 1.82) is 0 Å². The Labute approximate surface area is 216 Å². The van der Waals surface area contributed by atoms with E-state index in [2.05, 4.69) is 5.32 Å². The number of rotatable bonds is 6. The zero-order valence-corrected chi connectivity index (χ0v) is 21.1. The summed E-state index contributed by atoms with van der Waals surface area (Å²) in [6.45, 7) is -0.611. The molecule has 8 nitrogen and oxygen atoms in total. The molecule has 38 heavy (non-hydrogen) atoms. The SMILES string of the molecule is COc1ccc(C2CC(=O)N(CC(=O)Nc3cccc(C(F)(F)F)c3)c3ccccc3S2(=O)=O)cc1OC. The summed E-state index contributed by atoms with van der Waals surface area (Å²) in [5.74, 6) is -0.795. The van der Waals surface area contributed by atoms with Crippen LogP contribution in [-0.2, 0) is 25.6 Å². The third kappa shape index (κ3) is 5.30. The summed E-state index contributed by atoms with van der Waals surface area (Å²) >= 11 is 0. The summed E-state index contributed by atoms with van der Waals surface area (Å²) in [6.07, 6.45) is -5.09. The number of nitrogens with zero attached hydrogens (tertiary/aromatic N) is 1. The van der Waals surface area contributed by atoms with Crippen molar-refractivity contribution in [2.24, 2.45) is 0 Å². The van der Waals surface area contributed by atoms with Crippen LogP contribution >= 0.6 is 0 Å². The Morgan fingerprint density at radius 1 is 1.00 bits per heavy atom. The summed E-state index contributed by atoms with van der Waals surface area (Å²) in [6, 6.07) is 14.4. The van der Waals surface area contributed by atoms with Gasteiger partial charge in [0.25, 0.3) is 0 Å². The van der Waals surface area contributed by atoms with E-state index in [9.17, 15) is 31.2 Å². The van der Waals surface area contributed by atoms with Crippen molar-refractivity contribution in [3.8, 4) is 11.5 Å². The van der Waals surface area contributed by atoms with Crippen LogP contribution in [0.2, 0.25) is 0 Å². The van der Waals surface area contributed by atoms with E-state index >= 15 is 0 Å². The molecule has 4 rings (SSSR count). The van der Waals surface area contributed by atoms with E-state index in [0.29, 0.717) is 11.3 Å². The average molecular weight is 549 g/mol. The van der Waals surface area contributed by atoms with Crippen molar-refractivity contribution in [2.75, 3.05) is 31.0 Å². The van der Waals surface area contributed by atoms with Crippen molar-refractivity contribution in [3.63, 3.8) is 0 Å². The van der Waals surface area contributed by atoms with Crippen LogP contribution in [0.15, 0.2) is 71.6 Å². The number of alkyl halides is 3. The highest BCUT2D eigenvalue weighted by atomic mass is 32.2. The van der Waals surface area contributed by atoms with Crippen molar-refractivity contribution < 1.29 is 40.7 Å². The number of hydrogen-bond acceptors (Lipinski definition) is 6. The number of para-hydroxylation sites is 1. The predicted molar refractivity (Wildman–Crippen MR) is 133 cm³/mol. The minimum Gasteiger partial charge on any atom is -0.493 e. The van der Waals surface area contributed by atoms with Crippen molar-refractivity contribution in [2.45, 2.75) is 22.7 Å². The van der Waals surface area contributed by atoms with Crippen molar-refractivity contribution >= 4 is 33.0 Å². The van der Waals surface area contributed by atoms with Gasteiger partial charge in [0.15, 0.2) is 21.3 Å². The smallest absolute Gasteiger partial charge is 0.416 e. The van der Waals surface area contributed by atoms with Gasteiger partial charge in [-0.05, 0) is 48.0 Å². The van der Waals surface area contributed by atoms with E-state index in [1.54, 1.807) is 0 Å². The highest BCUT2D eigenvalue weighted by molar-refractivity contribution is 7.92. The number of sulfone groups is 1. The molecule has 1 atom stereocenters. The normalized spacial score (nSPS) is 16.8. The summed E-state index contributed by atoms with van der Waals surface area (Å²) < 4.78 is 77.1. The zero-order valence-electron chi connectivity index (χ0n) is 20.3. The van der Waals surface area contributed by atoms with Crippen molar-refractivity contribution in [1.82, 2.24) is 0 Å². The van der Waals surface area contributed by atoms with E-state index in [1.165, 1.54) is 62.8 Å². The maximum Gasteiger partial charge on any atom is 0.416 e. The molecule has 0 fully saturated rings. The first-order chi connectivity index (χ1) is 18.0. The molecular weight excluding hydrogens is 525 g/mol. The van der Waals surface area contributed by atoms with E-state index in [-0.39, 0.29) is 22.0 Å². The Morgan fingerprint density at radius 3 is 2.39 bits per heavy atom. The molecule has 0 aliphatic carbocycles. The molecule has 1 unspecified atom stereocenters. The van der Waals surface area contributed by atoms with Gasteiger partial charge < -0.3 is 19.7 Å². The third-order valence-electron chi connectivity index (χ3n) is 6.05. The van der Waals surface area contributed by atoms with Gasteiger partial charge in [0.1, 0.15) is 6.54 Å². The molecule has 0 radical (unpaired) electrons. The molecule has 0 aromatic heterocycles. The van der Waals surface area contributed by atoms with Gasteiger partial charge in [-0.2, -0.15) is 13.2 Å². The van der Waals surface area contributed by atoms with Gasteiger partial charge >= 0.3 is 6.18 Å². The number of fused-ring (bicyclic) bond motifs is 1. The minimum atomic E-state index is -4.60. The number of benzene rings is 3. The first-order valence-electron chi connectivity index (χ1n) is 11.3. The van der Waals surface area contributed by atoms with E-state index in [1.807, 2.05) is 0 Å². The Morgan fingerprint density at radius 2 is 1.71 bits per heavy atom. The van der Waals surface area contributed by atoms with Gasteiger partial charge in [0, 0.05) is 12.1 Å². The fraction of sp³-hybridized carbons (Fsp3) is 0.231. The summed E-state index contributed by atoms with van der Waals surface area (Å²) in [7, 11) is -1.29. The molecule has 0 spiro atoms. The number of amides is 2. The second kappa shape index (κ2) is 10.4. The highest BCUT2D eigenvalue weighted by Gasteiger charge is 2.40. The molecule has 0 saturated carbocycles. The van der Waals surface area contributed by atoms with Gasteiger partial charge in [-0.1, -0.05) is 24.3 Å². The molecule has 3 aromatic carbocycles. The van der Waals surface area contributed by atoms with E-state index in [4.69, 9.17) is 9.47 Å². The molecule has 0 saturated heterocycles. The van der Waals surface area contributed by atoms with Crippen LogP contribution in [0, 0.1) is 0 Å². The van der Waals surface area contributed by atoms with Crippen LogP contribution in [0.5, 0.6) is 11.5 Å². The monoisotopic (exact) mass is 548 g/mol. The number of anilines is 2. The first kappa shape index (κ1) is 27.0. The van der Waals surface area contributed by atoms with Crippen LogP contribution in [0.1, 0.15) is 22.8 Å². The molecule has 1 aliphatic heterocycles. The molecular formula is C26H23F3N2O6S. The lowest BCUT2D eigenvalue weighted by Gasteiger charge is -2.22. The zero-order chi connectivity index (χ0) is 27.7. The predicted octanol–water partition coefficient (Wildman–Crippen LogP) is 4.61. The fourth-order valence-corrected chi connectivity index (χ4v) is 6.14. The van der Waals surface area contributed by atoms with Gasteiger partial charge in [0.05, 0.1) is 35.6 Å². The topological polar surface area (TPSA) is 102 Å². The largest absolute Gasteiger partial charge is 0.493 e. The van der Waals surface area contributed by atoms with Crippen molar-refractivity contribution in [3.05, 3.63) is 77.9 Å². The summed E-state index contributed by atoms with van der Waals surface area (Å²) in [5, 5.41) is 1.07. The highest BCUT2D eigenvalue weighted by Crippen LogP contribution is 2.42. The Bertz CT molecular complexity index is 1490. The molecule has 12 heteroatoms. The molecule has 0 bridgehead atoms. The summed E-state index contributed by atoms with van der Waals surface area (Å²) in [4.78, 5) is 27.1. The number of nitrogens with one attached hydrogen (secondary N) is 1. The lowest BCUT2D eigenvalue weighted by atomic mass is 10.1. The standard InChI is InChI=1S/C26H23F3N2O6S/c1-36-20-11-10-16(12-21(20)37-2)23-14-25(33)31(19-8-3-4-9-22(19)38(23,34)35)15-24(32)30-18-7-5-6-17(13-18)26(27,28)29/h3-13,23H,14-15H2,1-2H3,(H,30,32). The first-order valence-corrected chi connectivity index (χ1v) is 12.8. The molecule has 1 heterocycles. The fourth-order valence-electron chi connectivity index (χ4n) is 4.23. The van der Waals surface area contributed by atoms with Gasteiger partial charge in [-0.25, -0.2) is 8.42 Å². The third-order valence-corrected chi connectivity index (χ3v) is 8.20. The Hall–Kier alpha value is -4.06. The Kier molecular flexibility index (Phi) is 7.36. The summed E-state index contributed by atoms with van der Waals surface area (Å²) in [5.41, 5.74) is -0.771. The quantitative estimate of drug-likeness (QED) is 0.483.